The molecular weight excluding hydrogens is 316 g/mol. The van der Waals surface area contributed by atoms with Gasteiger partial charge in [0.25, 0.3) is 0 Å². The Balaban J connectivity index is 1.95. The molecule has 0 spiro atoms. The number of benzene rings is 2. The lowest BCUT2D eigenvalue weighted by Gasteiger charge is -2.24. The Bertz CT molecular complexity index is 613. The summed E-state index contributed by atoms with van der Waals surface area (Å²) in [5, 5.41) is 4.17. The minimum atomic E-state index is 0.565. The summed E-state index contributed by atoms with van der Waals surface area (Å²) in [6.45, 7) is 0.565. The largest absolute Gasteiger partial charge is 0.468 e. The van der Waals surface area contributed by atoms with Crippen molar-refractivity contribution < 1.29 is 4.74 Å². The van der Waals surface area contributed by atoms with Gasteiger partial charge in [0.1, 0.15) is 0 Å². The first kappa shape index (κ1) is 13.5. The van der Waals surface area contributed by atoms with E-state index in [1.54, 1.807) is 0 Å². The monoisotopic (exact) mass is 332 g/mol. The van der Waals surface area contributed by atoms with Crippen molar-refractivity contribution in [3.63, 3.8) is 0 Å². The SMILES string of the molecule is CN(C)N1COc2c(Br)cc(Cc3ccccc3)cc21. The quantitative estimate of drug-likeness (QED) is 0.852. The Labute approximate surface area is 127 Å². The molecule has 2 aromatic rings. The van der Waals surface area contributed by atoms with Crippen molar-refractivity contribution in [2.75, 3.05) is 25.8 Å². The summed E-state index contributed by atoms with van der Waals surface area (Å²) in [7, 11) is 4.05. The van der Waals surface area contributed by atoms with Crippen LogP contribution in [0.4, 0.5) is 5.69 Å². The summed E-state index contributed by atoms with van der Waals surface area (Å²) in [6.07, 6.45) is 0.925. The van der Waals surface area contributed by atoms with Crippen molar-refractivity contribution in [3.05, 3.63) is 58.1 Å². The van der Waals surface area contributed by atoms with Gasteiger partial charge in [0, 0.05) is 14.1 Å². The predicted molar refractivity (Wildman–Crippen MR) is 85.1 cm³/mol. The number of ether oxygens (including phenoxy) is 1. The molecule has 0 atom stereocenters. The van der Waals surface area contributed by atoms with Gasteiger partial charge < -0.3 is 4.74 Å². The van der Waals surface area contributed by atoms with Crippen LogP contribution in [0, 0.1) is 0 Å². The van der Waals surface area contributed by atoms with Gasteiger partial charge in [-0.05, 0) is 45.6 Å². The fourth-order valence-corrected chi connectivity index (χ4v) is 3.04. The summed E-state index contributed by atoms with van der Waals surface area (Å²) in [5.74, 6) is 0.926. The number of fused-ring (bicyclic) bond motifs is 1. The summed E-state index contributed by atoms with van der Waals surface area (Å²) in [5.41, 5.74) is 3.71. The number of hydrogen-bond acceptors (Lipinski definition) is 3. The van der Waals surface area contributed by atoms with E-state index in [0.29, 0.717) is 6.73 Å². The van der Waals surface area contributed by atoms with Crippen LogP contribution in [-0.2, 0) is 6.42 Å². The van der Waals surface area contributed by atoms with Gasteiger partial charge in [-0.25, -0.2) is 5.01 Å². The average Bonchev–Trinajstić information content (AvgIpc) is 2.84. The number of anilines is 1. The molecule has 1 aliphatic heterocycles. The van der Waals surface area contributed by atoms with Crippen molar-refractivity contribution in [1.29, 1.82) is 0 Å². The average molecular weight is 333 g/mol. The molecule has 0 N–H and O–H groups in total. The molecule has 0 fully saturated rings. The zero-order valence-electron chi connectivity index (χ0n) is 11.6. The molecule has 104 valence electrons. The van der Waals surface area contributed by atoms with E-state index in [1.165, 1.54) is 11.1 Å². The topological polar surface area (TPSA) is 15.7 Å². The molecule has 0 saturated heterocycles. The minimum absolute atomic E-state index is 0.565. The van der Waals surface area contributed by atoms with Gasteiger partial charge >= 0.3 is 0 Å². The second-order valence-electron chi connectivity index (χ2n) is 5.11. The number of hydrazine groups is 1. The second-order valence-corrected chi connectivity index (χ2v) is 5.96. The Kier molecular flexibility index (Phi) is 3.68. The third-order valence-corrected chi connectivity index (χ3v) is 4.02. The van der Waals surface area contributed by atoms with Crippen LogP contribution in [0.15, 0.2) is 46.9 Å². The van der Waals surface area contributed by atoms with E-state index in [0.717, 1.165) is 22.3 Å². The van der Waals surface area contributed by atoms with Crippen LogP contribution >= 0.6 is 15.9 Å². The molecule has 0 radical (unpaired) electrons. The Morgan fingerprint density at radius 3 is 2.60 bits per heavy atom. The molecule has 2 aromatic carbocycles. The van der Waals surface area contributed by atoms with Gasteiger partial charge in [0.2, 0.25) is 0 Å². The molecule has 1 heterocycles. The lowest BCUT2D eigenvalue weighted by molar-refractivity contribution is 0.267. The van der Waals surface area contributed by atoms with E-state index in [2.05, 4.69) is 57.3 Å². The molecule has 3 nitrogen and oxygen atoms in total. The fraction of sp³-hybridized carbons (Fsp3) is 0.250. The first-order chi connectivity index (χ1) is 9.65. The van der Waals surface area contributed by atoms with Crippen molar-refractivity contribution in [3.8, 4) is 5.75 Å². The van der Waals surface area contributed by atoms with E-state index >= 15 is 0 Å². The summed E-state index contributed by atoms with van der Waals surface area (Å²) < 4.78 is 6.76. The van der Waals surface area contributed by atoms with Crippen LogP contribution in [0.2, 0.25) is 0 Å². The van der Waals surface area contributed by atoms with Gasteiger partial charge in [-0.1, -0.05) is 30.3 Å². The maximum Gasteiger partial charge on any atom is 0.175 e. The lowest BCUT2D eigenvalue weighted by atomic mass is 10.0. The van der Waals surface area contributed by atoms with E-state index in [1.807, 2.05) is 25.2 Å². The van der Waals surface area contributed by atoms with Crippen LogP contribution in [-0.4, -0.2) is 25.8 Å². The highest BCUT2D eigenvalue weighted by Crippen LogP contribution is 2.41. The number of hydrogen-bond donors (Lipinski definition) is 0. The maximum atomic E-state index is 5.75. The van der Waals surface area contributed by atoms with Crippen LogP contribution in [0.3, 0.4) is 0 Å². The van der Waals surface area contributed by atoms with Crippen molar-refractivity contribution in [1.82, 2.24) is 5.01 Å². The van der Waals surface area contributed by atoms with E-state index in [4.69, 9.17) is 4.74 Å². The molecule has 20 heavy (non-hydrogen) atoms. The number of nitrogens with zero attached hydrogens (tertiary/aromatic N) is 2. The normalized spacial score (nSPS) is 13.5. The van der Waals surface area contributed by atoms with E-state index in [-0.39, 0.29) is 0 Å². The highest BCUT2D eigenvalue weighted by Gasteiger charge is 2.25. The molecular formula is C16H17BrN2O. The van der Waals surface area contributed by atoms with Gasteiger partial charge in [0.05, 0.1) is 10.2 Å². The van der Waals surface area contributed by atoms with Gasteiger partial charge in [0.15, 0.2) is 12.5 Å². The van der Waals surface area contributed by atoms with E-state index < -0.39 is 0 Å². The molecule has 4 heteroatoms. The van der Waals surface area contributed by atoms with Crippen molar-refractivity contribution >= 4 is 21.6 Å². The summed E-state index contributed by atoms with van der Waals surface area (Å²) in [4.78, 5) is 0. The predicted octanol–water partition coefficient (Wildman–Crippen LogP) is 3.67. The Morgan fingerprint density at radius 1 is 1.15 bits per heavy atom. The number of halogens is 1. The Morgan fingerprint density at radius 2 is 1.90 bits per heavy atom. The van der Waals surface area contributed by atoms with Gasteiger partial charge in [-0.3, -0.25) is 5.01 Å². The van der Waals surface area contributed by atoms with Gasteiger partial charge in [-0.15, -0.1) is 0 Å². The maximum absolute atomic E-state index is 5.75. The van der Waals surface area contributed by atoms with E-state index in [9.17, 15) is 0 Å². The van der Waals surface area contributed by atoms with Gasteiger partial charge in [-0.2, -0.15) is 0 Å². The van der Waals surface area contributed by atoms with Crippen molar-refractivity contribution in [2.24, 2.45) is 0 Å². The molecule has 0 aliphatic carbocycles. The molecule has 3 rings (SSSR count). The standard InChI is InChI=1S/C16H17BrN2O/c1-18(2)19-11-20-16-14(17)9-13(10-15(16)19)8-12-6-4-3-5-7-12/h3-7,9-10H,8,11H2,1-2H3. The summed E-state index contributed by atoms with van der Waals surface area (Å²) in [6, 6.07) is 14.9. The van der Waals surface area contributed by atoms with Crippen LogP contribution < -0.4 is 9.75 Å². The Hall–Kier alpha value is -1.52. The van der Waals surface area contributed by atoms with Crippen LogP contribution in [0.5, 0.6) is 5.75 Å². The minimum Gasteiger partial charge on any atom is -0.468 e. The summed E-state index contributed by atoms with van der Waals surface area (Å²) >= 11 is 3.62. The molecule has 0 amide bonds. The smallest absolute Gasteiger partial charge is 0.175 e. The molecule has 0 aromatic heterocycles. The van der Waals surface area contributed by atoms with Crippen LogP contribution in [0.25, 0.3) is 0 Å². The zero-order chi connectivity index (χ0) is 14.1. The molecule has 1 aliphatic rings. The first-order valence-electron chi connectivity index (χ1n) is 6.59. The fourth-order valence-electron chi connectivity index (χ4n) is 2.43. The molecule has 0 bridgehead atoms. The highest BCUT2D eigenvalue weighted by molar-refractivity contribution is 9.10. The number of rotatable bonds is 3. The van der Waals surface area contributed by atoms with Crippen molar-refractivity contribution in [2.45, 2.75) is 6.42 Å². The highest BCUT2D eigenvalue weighted by atomic mass is 79.9. The lowest BCUT2D eigenvalue weighted by Crippen LogP contribution is -2.36. The third kappa shape index (κ3) is 2.53. The molecule has 0 unspecified atom stereocenters. The third-order valence-electron chi connectivity index (χ3n) is 3.43. The zero-order valence-corrected chi connectivity index (χ0v) is 13.2. The second kappa shape index (κ2) is 5.46. The van der Waals surface area contributed by atoms with Crippen LogP contribution in [0.1, 0.15) is 11.1 Å². The molecule has 0 saturated carbocycles. The first-order valence-corrected chi connectivity index (χ1v) is 7.38.